The van der Waals surface area contributed by atoms with Gasteiger partial charge in [0.15, 0.2) is 0 Å². The van der Waals surface area contributed by atoms with Crippen LogP contribution in [0.25, 0.3) is 0 Å². The summed E-state index contributed by atoms with van der Waals surface area (Å²) >= 11 is 0. The predicted molar refractivity (Wildman–Crippen MR) is 102 cm³/mol. The molecule has 0 bridgehead atoms. The summed E-state index contributed by atoms with van der Waals surface area (Å²) < 4.78 is 0. The highest BCUT2D eigenvalue weighted by atomic mass is 16.2. The molecule has 5 heteroatoms. The monoisotopic (exact) mass is 359 g/mol. The topological polar surface area (TPSA) is 82.0 Å². The normalized spacial score (nSPS) is 19.8. The van der Waals surface area contributed by atoms with Crippen LogP contribution in [0.15, 0.2) is 48.5 Å². The fourth-order valence-corrected chi connectivity index (χ4v) is 4.13. The second-order valence-electron chi connectivity index (χ2n) is 7.42. The van der Waals surface area contributed by atoms with Crippen molar-refractivity contribution in [1.82, 2.24) is 5.32 Å². The maximum Gasteiger partial charge on any atom is 0.225 e. The van der Waals surface area contributed by atoms with Gasteiger partial charge in [-0.15, -0.1) is 0 Å². The quantitative estimate of drug-likeness (QED) is 0.875. The van der Waals surface area contributed by atoms with Gasteiger partial charge in [-0.25, -0.2) is 0 Å². The van der Waals surface area contributed by atoms with Crippen molar-refractivity contribution in [3.05, 3.63) is 65.2 Å². The summed E-state index contributed by atoms with van der Waals surface area (Å²) in [5, 5.41) is 15.2. The molecule has 136 valence electrons. The molecule has 1 aliphatic heterocycles. The van der Waals surface area contributed by atoms with E-state index in [1.807, 2.05) is 42.5 Å². The number of hydrogen-bond donors (Lipinski definition) is 2. The van der Waals surface area contributed by atoms with Crippen molar-refractivity contribution < 1.29 is 9.59 Å². The summed E-state index contributed by atoms with van der Waals surface area (Å²) in [7, 11) is 0. The number of anilines is 1. The van der Waals surface area contributed by atoms with Crippen molar-refractivity contribution in [1.29, 1.82) is 5.26 Å². The zero-order valence-electron chi connectivity index (χ0n) is 15.0. The van der Waals surface area contributed by atoms with Crippen molar-refractivity contribution in [3.63, 3.8) is 0 Å². The molecule has 5 nitrogen and oxygen atoms in total. The van der Waals surface area contributed by atoms with E-state index < -0.39 is 0 Å². The van der Waals surface area contributed by atoms with Crippen LogP contribution in [0.5, 0.6) is 0 Å². The smallest absolute Gasteiger partial charge is 0.225 e. The molecule has 0 saturated heterocycles. The van der Waals surface area contributed by atoms with E-state index in [1.165, 1.54) is 0 Å². The fourth-order valence-electron chi connectivity index (χ4n) is 4.13. The Hall–Kier alpha value is -3.13. The summed E-state index contributed by atoms with van der Waals surface area (Å²) in [6.07, 6.45) is 3.39. The van der Waals surface area contributed by atoms with Crippen molar-refractivity contribution in [3.8, 4) is 6.07 Å². The summed E-state index contributed by atoms with van der Waals surface area (Å²) in [4.78, 5) is 24.8. The second kappa shape index (κ2) is 6.88. The van der Waals surface area contributed by atoms with Crippen molar-refractivity contribution in [2.24, 2.45) is 0 Å². The van der Waals surface area contributed by atoms with Crippen LogP contribution in [0.1, 0.15) is 54.7 Å². The van der Waals surface area contributed by atoms with Crippen LogP contribution in [-0.4, -0.2) is 11.8 Å². The van der Waals surface area contributed by atoms with Gasteiger partial charge in [0.25, 0.3) is 0 Å². The molecule has 1 atom stereocenters. The molecule has 2 N–H and O–H groups in total. The van der Waals surface area contributed by atoms with Crippen LogP contribution >= 0.6 is 0 Å². The van der Waals surface area contributed by atoms with Crippen LogP contribution in [0.2, 0.25) is 0 Å². The lowest BCUT2D eigenvalue weighted by Crippen LogP contribution is -2.51. The van der Waals surface area contributed by atoms with Crippen LogP contribution in [-0.2, 0) is 15.1 Å². The van der Waals surface area contributed by atoms with Crippen LogP contribution < -0.4 is 10.6 Å². The Bertz CT molecular complexity index is 941. The van der Waals surface area contributed by atoms with Gasteiger partial charge in [0.05, 0.1) is 17.2 Å². The van der Waals surface area contributed by atoms with E-state index in [2.05, 4.69) is 16.7 Å². The Morgan fingerprint density at radius 1 is 1.22 bits per heavy atom. The molecule has 2 aromatic carbocycles. The van der Waals surface area contributed by atoms with Crippen LogP contribution in [0.3, 0.4) is 0 Å². The summed E-state index contributed by atoms with van der Waals surface area (Å²) in [6.45, 7) is 0. The Morgan fingerprint density at radius 3 is 2.78 bits per heavy atom. The molecule has 2 aromatic rings. The first-order valence-corrected chi connectivity index (χ1v) is 9.30. The highest BCUT2D eigenvalue weighted by molar-refractivity contribution is 5.95. The van der Waals surface area contributed by atoms with E-state index in [0.29, 0.717) is 12.0 Å². The van der Waals surface area contributed by atoms with Gasteiger partial charge in [-0.1, -0.05) is 30.3 Å². The Kier molecular flexibility index (Phi) is 4.41. The lowest BCUT2D eigenvalue weighted by Gasteiger charge is -2.43. The average molecular weight is 359 g/mol. The lowest BCUT2D eigenvalue weighted by atomic mass is 9.71. The molecule has 1 aliphatic carbocycles. The Morgan fingerprint density at radius 2 is 2.04 bits per heavy atom. The number of para-hydroxylation sites is 1. The van der Waals surface area contributed by atoms with Gasteiger partial charge in [-0.3, -0.25) is 9.59 Å². The number of nitrogens with one attached hydrogen (secondary N) is 2. The molecule has 1 unspecified atom stereocenters. The van der Waals surface area contributed by atoms with Gasteiger partial charge in [-0.05, 0) is 48.6 Å². The van der Waals surface area contributed by atoms with Gasteiger partial charge >= 0.3 is 0 Å². The van der Waals surface area contributed by atoms with Crippen molar-refractivity contribution in [2.45, 2.75) is 43.6 Å². The minimum absolute atomic E-state index is 0.0495. The van der Waals surface area contributed by atoms with E-state index in [1.54, 1.807) is 6.07 Å². The molecular weight excluding hydrogens is 338 g/mol. The van der Waals surface area contributed by atoms with E-state index in [-0.39, 0.29) is 29.7 Å². The van der Waals surface area contributed by atoms with E-state index >= 15 is 0 Å². The largest absolute Gasteiger partial charge is 0.347 e. The summed E-state index contributed by atoms with van der Waals surface area (Å²) in [6, 6.07) is 17.3. The van der Waals surface area contributed by atoms with Crippen molar-refractivity contribution in [2.75, 3.05) is 5.32 Å². The molecule has 0 spiro atoms. The molecule has 2 aliphatic rings. The number of nitriles is 1. The third-order valence-corrected chi connectivity index (χ3v) is 5.67. The van der Waals surface area contributed by atoms with Crippen LogP contribution in [0.4, 0.5) is 5.69 Å². The fraction of sp³-hybridized carbons (Fsp3) is 0.318. The number of benzene rings is 2. The Labute approximate surface area is 158 Å². The molecule has 0 radical (unpaired) electrons. The molecule has 0 aromatic heterocycles. The number of hydrogen-bond acceptors (Lipinski definition) is 3. The van der Waals surface area contributed by atoms with E-state index in [0.717, 1.165) is 36.1 Å². The van der Waals surface area contributed by atoms with Gasteiger partial charge in [0.2, 0.25) is 11.8 Å². The summed E-state index contributed by atoms with van der Waals surface area (Å²) in [5.74, 6) is -0.212. The van der Waals surface area contributed by atoms with Gasteiger partial charge < -0.3 is 10.6 Å². The standard InChI is InChI=1S/C22H21N3O2/c23-14-15-5-3-6-17(11-15)22(9-4-10-22)25-21(27)13-16-12-20(26)24-19-8-2-1-7-18(16)19/h1-3,5-8,11,16H,4,9-10,12-13H2,(H,24,26)(H,25,27). The number of carbonyl (C=O) groups excluding carboxylic acids is 2. The van der Waals surface area contributed by atoms with Gasteiger partial charge in [0, 0.05) is 24.4 Å². The third kappa shape index (κ3) is 3.31. The van der Waals surface area contributed by atoms with Crippen LogP contribution in [0, 0.1) is 11.3 Å². The van der Waals surface area contributed by atoms with E-state index in [9.17, 15) is 9.59 Å². The zero-order valence-corrected chi connectivity index (χ0v) is 15.0. The SMILES string of the molecule is N#Cc1cccc(C2(NC(=O)CC3CC(=O)Nc4ccccc43)CCC2)c1. The number of amides is 2. The molecule has 1 heterocycles. The molecule has 1 fully saturated rings. The highest BCUT2D eigenvalue weighted by Crippen LogP contribution is 2.42. The number of carbonyl (C=O) groups is 2. The minimum atomic E-state index is -0.389. The molecule has 1 saturated carbocycles. The second-order valence-corrected chi connectivity index (χ2v) is 7.42. The number of rotatable bonds is 4. The highest BCUT2D eigenvalue weighted by Gasteiger charge is 2.40. The minimum Gasteiger partial charge on any atom is -0.347 e. The molecular formula is C22H21N3O2. The van der Waals surface area contributed by atoms with E-state index in [4.69, 9.17) is 5.26 Å². The first-order valence-electron chi connectivity index (χ1n) is 9.30. The zero-order chi connectivity index (χ0) is 18.9. The van der Waals surface area contributed by atoms with Gasteiger partial charge in [0.1, 0.15) is 0 Å². The maximum atomic E-state index is 12.9. The number of nitrogens with zero attached hydrogens (tertiary/aromatic N) is 1. The first kappa shape index (κ1) is 17.3. The first-order chi connectivity index (χ1) is 13.1. The van der Waals surface area contributed by atoms with Crippen molar-refractivity contribution >= 4 is 17.5 Å². The molecule has 27 heavy (non-hydrogen) atoms. The molecule has 2 amide bonds. The average Bonchev–Trinajstić information content (AvgIpc) is 2.64. The molecule has 4 rings (SSSR count). The maximum absolute atomic E-state index is 12.9. The predicted octanol–water partition coefficient (Wildman–Crippen LogP) is 3.57. The lowest BCUT2D eigenvalue weighted by molar-refractivity contribution is -0.125. The number of fused-ring (bicyclic) bond motifs is 1. The summed E-state index contributed by atoms with van der Waals surface area (Å²) in [5.41, 5.74) is 3.02. The Balaban J connectivity index is 1.52. The van der Waals surface area contributed by atoms with Gasteiger partial charge in [-0.2, -0.15) is 5.26 Å². The third-order valence-electron chi connectivity index (χ3n) is 5.67.